The van der Waals surface area contributed by atoms with Crippen molar-refractivity contribution in [1.29, 1.82) is 0 Å². The van der Waals surface area contributed by atoms with Crippen LogP contribution in [-0.4, -0.2) is 76.3 Å². The lowest BCUT2D eigenvalue weighted by atomic mass is 9.88. The SMILES string of the molecule is CN=C(NCC(=O)NCCOC)NC1CCN(CC2CCCCC2)CC1.I. The van der Waals surface area contributed by atoms with Crippen molar-refractivity contribution in [2.75, 3.05) is 53.5 Å². The van der Waals surface area contributed by atoms with Crippen LogP contribution in [0.5, 0.6) is 0 Å². The molecule has 158 valence electrons. The van der Waals surface area contributed by atoms with Crippen LogP contribution in [0.1, 0.15) is 44.9 Å². The highest BCUT2D eigenvalue weighted by Gasteiger charge is 2.23. The molecule has 2 aliphatic rings. The Kier molecular flexibility index (Phi) is 13.0. The summed E-state index contributed by atoms with van der Waals surface area (Å²) in [5.74, 6) is 1.57. The van der Waals surface area contributed by atoms with Crippen LogP contribution in [0.2, 0.25) is 0 Å². The number of ether oxygens (including phenoxy) is 1. The molecule has 8 heteroatoms. The fourth-order valence-corrected chi connectivity index (χ4v) is 3.90. The van der Waals surface area contributed by atoms with Crippen LogP contribution in [0.25, 0.3) is 0 Å². The first-order valence-corrected chi connectivity index (χ1v) is 10.2. The Morgan fingerprint density at radius 1 is 1.11 bits per heavy atom. The van der Waals surface area contributed by atoms with Crippen molar-refractivity contribution in [3.63, 3.8) is 0 Å². The lowest BCUT2D eigenvalue weighted by Crippen LogP contribution is -2.50. The number of hydrogen-bond acceptors (Lipinski definition) is 4. The molecule has 0 spiro atoms. The fourth-order valence-electron chi connectivity index (χ4n) is 3.90. The van der Waals surface area contributed by atoms with Gasteiger partial charge in [0.25, 0.3) is 0 Å². The largest absolute Gasteiger partial charge is 0.383 e. The average molecular weight is 495 g/mol. The molecule has 7 nitrogen and oxygen atoms in total. The summed E-state index contributed by atoms with van der Waals surface area (Å²) in [6.45, 7) is 4.87. The van der Waals surface area contributed by atoms with E-state index in [2.05, 4.69) is 25.8 Å². The van der Waals surface area contributed by atoms with Crippen LogP contribution in [0, 0.1) is 5.92 Å². The number of carbonyl (C=O) groups excluding carboxylic acids is 1. The molecule has 2 rings (SSSR count). The molecule has 0 radical (unpaired) electrons. The van der Waals surface area contributed by atoms with E-state index < -0.39 is 0 Å². The van der Waals surface area contributed by atoms with Gasteiger partial charge in [-0.25, -0.2) is 0 Å². The van der Waals surface area contributed by atoms with Crippen molar-refractivity contribution in [2.45, 2.75) is 51.0 Å². The summed E-state index contributed by atoms with van der Waals surface area (Å²) in [5.41, 5.74) is 0. The third-order valence-corrected chi connectivity index (χ3v) is 5.44. The lowest BCUT2D eigenvalue weighted by molar-refractivity contribution is -0.120. The van der Waals surface area contributed by atoms with Crippen molar-refractivity contribution >= 4 is 35.8 Å². The fraction of sp³-hybridized carbons (Fsp3) is 0.895. The number of carbonyl (C=O) groups is 1. The highest BCUT2D eigenvalue weighted by molar-refractivity contribution is 14.0. The number of likely N-dealkylation sites (tertiary alicyclic amines) is 1. The second-order valence-electron chi connectivity index (χ2n) is 7.49. The Bertz CT molecular complexity index is 436. The van der Waals surface area contributed by atoms with Gasteiger partial charge in [-0.2, -0.15) is 0 Å². The van der Waals surface area contributed by atoms with E-state index in [9.17, 15) is 4.79 Å². The number of nitrogens with zero attached hydrogens (tertiary/aromatic N) is 2. The van der Waals surface area contributed by atoms with E-state index in [1.54, 1.807) is 14.2 Å². The number of aliphatic imine (C=N–C) groups is 1. The molecule has 0 atom stereocenters. The molecule has 0 aromatic rings. The van der Waals surface area contributed by atoms with Crippen molar-refractivity contribution in [3.05, 3.63) is 0 Å². The van der Waals surface area contributed by atoms with E-state index in [1.165, 1.54) is 38.6 Å². The maximum absolute atomic E-state index is 11.7. The number of piperidine rings is 1. The molecule has 3 N–H and O–H groups in total. The van der Waals surface area contributed by atoms with Gasteiger partial charge in [0.15, 0.2) is 5.96 Å². The van der Waals surface area contributed by atoms with Crippen LogP contribution < -0.4 is 16.0 Å². The van der Waals surface area contributed by atoms with Crippen LogP contribution in [-0.2, 0) is 9.53 Å². The van der Waals surface area contributed by atoms with E-state index in [4.69, 9.17) is 4.74 Å². The number of methoxy groups -OCH3 is 1. The van der Waals surface area contributed by atoms with Crippen LogP contribution in [0.3, 0.4) is 0 Å². The Labute approximate surface area is 181 Å². The second-order valence-corrected chi connectivity index (χ2v) is 7.49. The quantitative estimate of drug-likeness (QED) is 0.206. The zero-order valence-electron chi connectivity index (χ0n) is 17.0. The van der Waals surface area contributed by atoms with E-state index in [0.29, 0.717) is 25.2 Å². The summed E-state index contributed by atoms with van der Waals surface area (Å²) < 4.78 is 4.92. The first-order chi connectivity index (χ1) is 12.7. The standard InChI is InChI=1S/C19H37N5O2.HI/c1-20-19(22-14-18(25)21-10-13-26-2)23-17-8-11-24(12-9-17)15-16-6-4-3-5-7-16;/h16-17H,3-15H2,1-2H3,(H,21,25)(H2,20,22,23);1H. The highest BCUT2D eigenvalue weighted by Crippen LogP contribution is 2.25. The maximum atomic E-state index is 11.7. The van der Waals surface area contributed by atoms with Crippen LogP contribution in [0.4, 0.5) is 0 Å². The third-order valence-electron chi connectivity index (χ3n) is 5.44. The zero-order valence-corrected chi connectivity index (χ0v) is 19.3. The summed E-state index contributed by atoms with van der Waals surface area (Å²) in [5, 5.41) is 9.35. The van der Waals surface area contributed by atoms with Gasteiger partial charge in [-0.3, -0.25) is 9.79 Å². The maximum Gasteiger partial charge on any atom is 0.239 e. The van der Waals surface area contributed by atoms with Gasteiger partial charge in [-0.15, -0.1) is 24.0 Å². The lowest BCUT2D eigenvalue weighted by Gasteiger charge is -2.36. The van der Waals surface area contributed by atoms with E-state index in [0.717, 1.165) is 31.8 Å². The molecule has 1 heterocycles. The first-order valence-electron chi connectivity index (χ1n) is 10.2. The van der Waals surface area contributed by atoms with Crippen LogP contribution >= 0.6 is 24.0 Å². The molecule has 1 aliphatic carbocycles. The summed E-state index contributed by atoms with van der Waals surface area (Å²) in [7, 11) is 3.37. The summed E-state index contributed by atoms with van der Waals surface area (Å²) in [6.07, 6.45) is 9.37. The van der Waals surface area contributed by atoms with Crippen molar-refractivity contribution in [2.24, 2.45) is 10.9 Å². The van der Waals surface area contributed by atoms with Crippen molar-refractivity contribution < 1.29 is 9.53 Å². The van der Waals surface area contributed by atoms with E-state index in [-0.39, 0.29) is 36.4 Å². The van der Waals surface area contributed by atoms with Gasteiger partial charge in [-0.05, 0) is 31.6 Å². The molecule has 0 aromatic heterocycles. The first kappa shape index (κ1) is 24.4. The minimum Gasteiger partial charge on any atom is -0.383 e. The molecule has 27 heavy (non-hydrogen) atoms. The van der Waals surface area contributed by atoms with E-state index >= 15 is 0 Å². The van der Waals surface area contributed by atoms with Crippen molar-refractivity contribution in [3.8, 4) is 0 Å². The van der Waals surface area contributed by atoms with Gasteiger partial charge in [0.05, 0.1) is 13.2 Å². The van der Waals surface area contributed by atoms with Gasteiger partial charge in [0, 0.05) is 46.4 Å². The van der Waals surface area contributed by atoms with Gasteiger partial charge < -0.3 is 25.6 Å². The molecule has 2 fully saturated rings. The smallest absolute Gasteiger partial charge is 0.239 e. The van der Waals surface area contributed by atoms with Gasteiger partial charge in [0.1, 0.15) is 0 Å². The van der Waals surface area contributed by atoms with Crippen molar-refractivity contribution in [1.82, 2.24) is 20.9 Å². The number of amides is 1. The molecule has 1 saturated carbocycles. The zero-order chi connectivity index (χ0) is 18.6. The number of rotatable bonds is 8. The summed E-state index contributed by atoms with van der Waals surface area (Å²) >= 11 is 0. The average Bonchev–Trinajstić information content (AvgIpc) is 2.67. The molecule has 1 saturated heterocycles. The minimum absolute atomic E-state index is 0. The molecule has 0 unspecified atom stereocenters. The topological polar surface area (TPSA) is 78.0 Å². The Hall–Kier alpha value is -0.610. The van der Waals surface area contributed by atoms with Gasteiger partial charge in [0.2, 0.25) is 5.91 Å². The number of nitrogens with one attached hydrogen (secondary N) is 3. The Morgan fingerprint density at radius 2 is 1.81 bits per heavy atom. The summed E-state index contributed by atoms with van der Waals surface area (Å²) in [4.78, 5) is 18.6. The predicted molar refractivity (Wildman–Crippen MR) is 121 cm³/mol. The number of guanidine groups is 1. The van der Waals surface area contributed by atoms with Gasteiger partial charge >= 0.3 is 0 Å². The van der Waals surface area contributed by atoms with E-state index in [1.807, 2.05) is 0 Å². The Morgan fingerprint density at radius 3 is 2.44 bits per heavy atom. The normalized spacial score (nSPS) is 20.0. The number of halogens is 1. The monoisotopic (exact) mass is 495 g/mol. The third kappa shape index (κ3) is 9.94. The predicted octanol–water partition coefficient (Wildman–Crippen LogP) is 1.58. The second kappa shape index (κ2) is 14.4. The molecular formula is C19H38IN5O2. The number of hydrogen-bond donors (Lipinski definition) is 3. The summed E-state index contributed by atoms with van der Waals surface area (Å²) in [6, 6.07) is 0.431. The Balaban J connectivity index is 0.00000364. The molecule has 1 aliphatic heterocycles. The highest BCUT2D eigenvalue weighted by atomic mass is 127. The molecule has 1 amide bonds. The molecule has 0 bridgehead atoms. The van der Waals surface area contributed by atoms with Gasteiger partial charge in [-0.1, -0.05) is 19.3 Å². The van der Waals surface area contributed by atoms with Crippen LogP contribution in [0.15, 0.2) is 4.99 Å². The minimum atomic E-state index is -0.0488. The molecular weight excluding hydrogens is 457 g/mol. The molecule has 0 aromatic carbocycles.